The number of amides is 2. The molecule has 0 radical (unpaired) electrons. The number of carboxylic acid groups (broad SMARTS) is 1. The molecule has 4 rings (SSSR count). The Morgan fingerprint density at radius 2 is 1.74 bits per heavy atom. The summed E-state index contributed by atoms with van der Waals surface area (Å²) < 4.78 is 33.3. The minimum Gasteiger partial charge on any atom is -0.496 e. The molecule has 34 heavy (non-hydrogen) atoms. The smallest absolute Gasteiger partial charge is 0.317 e. The van der Waals surface area contributed by atoms with Crippen LogP contribution in [0.1, 0.15) is 22.3 Å². The highest BCUT2D eigenvalue weighted by Crippen LogP contribution is 2.37. The number of hydrogen-bond donors (Lipinski definition) is 2. The van der Waals surface area contributed by atoms with E-state index in [0.29, 0.717) is 46.5 Å². The van der Waals surface area contributed by atoms with Crippen LogP contribution in [0.5, 0.6) is 5.75 Å². The van der Waals surface area contributed by atoms with Gasteiger partial charge in [-0.15, -0.1) is 0 Å². The Hall–Kier alpha value is -3.94. The molecule has 176 valence electrons. The minimum absolute atomic E-state index is 0.154. The van der Waals surface area contributed by atoms with Crippen molar-refractivity contribution >= 4 is 12.0 Å². The molecule has 2 N–H and O–H groups in total. The third-order valence-corrected chi connectivity index (χ3v) is 5.91. The van der Waals surface area contributed by atoms with Crippen LogP contribution >= 0.6 is 0 Å². The summed E-state index contributed by atoms with van der Waals surface area (Å²) in [4.78, 5) is 25.6. The van der Waals surface area contributed by atoms with Gasteiger partial charge in [0.2, 0.25) is 0 Å². The molecule has 3 aromatic carbocycles. The largest absolute Gasteiger partial charge is 0.496 e. The zero-order valence-corrected chi connectivity index (χ0v) is 18.6. The van der Waals surface area contributed by atoms with Gasteiger partial charge in [0.15, 0.2) is 0 Å². The summed E-state index contributed by atoms with van der Waals surface area (Å²) in [6.07, 6.45) is 0.189. The van der Waals surface area contributed by atoms with Gasteiger partial charge in [-0.25, -0.2) is 13.6 Å². The molecule has 1 heterocycles. The SMILES string of the molecule is COc1ccc(CC(=O)O)cc1-c1ccc(F)c2c1CN(C(=O)NCc1ccc(F)cc1)CC2. The first-order chi connectivity index (χ1) is 16.4. The van der Waals surface area contributed by atoms with Gasteiger partial charge in [-0.3, -0.25) is 4.79 Å². The molecular formula is C26H24F2N2O4. The van der Waals surface area contributed by atoms with Crippen molar-refractivity contribution < 1.29 is 28.2 Å². The first kappa shape index (κ1) is 23.2. The monoisotopic (exact) mass is 466 g/mol. The molecule has 6 nitrogen and oxygen atoms in total. The molecule has 0 atom stereocenters. The van der Waals surface area contributed by atoms with Gasteiger partial charge in [0.1, 0.15) is 17.4 Å². The Bertz CT molecular complexity index is 1230. The second-order valence-corrected chi connectivity index (χ2v) is 8.11. The average Bonchev–Trinajstić information content (AvgIpc) is 2.83. The van der Waals surface area contributed by atoms with Crippen molar-refractivity contribution in [1.82, 2.24) is 10.2 Å². The number of carboxylic acids is 1. The van der Waals surface area contributed by atoms with E-state index in [1.807, 2.05) is 0 Å². The molecule has 0 aromatic heterocycles. The number of nitrogens with one attached hydrogen (secondary N) is 1. The number of methoxy groups -OCH3 is 1. The maximum atomic E-state index is 14.7. The van der Waals surface area contributed by atoms with Crippen LogP contribution in [0.15, 0.2) is 54.6 Å². The summed E-state index contributed by atoms with van der Waals surface area (Å²) in [6, 6.07) is 13.7. The van der Waals surface area contributed by atoms with Crippen molar-refractivity contribution in [3.05, 3.63) is 88.5 Å². The fraction of sp³-hybridized carbons (Fsp3) is 0.231. The van der Waals surface area contributed by atoms with Gasteiger partial charge < -0.3 is 20.1 Å². The van der Waals surface area contributed by atoms with Crippen LogP contribution in [0.3, 0.4) is 0 Å². The van der Waals surface area contributed by atoms with Crippen LogP contribution in [0, 0.1) is 11.6 Å². The number of halogens is 2. The van der Waals surface area contributed by atoms with Crippen LogP contribution < -0.4 is 10.1 Å². The zero-order valence-electron chi connectivity index (χ0n) is 18.6. The number of nitrogens with zero attached hydrogens (tertiary/aromatic N) is 1. The molecular weight excluding hydrogens is 442 g/mol. The van der Waals surface area contributed by atoms with E-state index in [1.165, 1.54) is 25.3 Å². The fourth-order valence-corrected chi connectivity index (χ4v) is 4.20. The number of fused-ring (bicyclic) bond motifs is 1. The maximum Gasteiger partial charge on any atom is 0.317 e. The van der Waals surface area contributed by atoms with E-state index in [-0.39, 0.29) is 37.2 Å². The first-order valence-electron chi connectivity index (χ1n) is 10.8. The second kappa shape index (κ2) is 9.91. The molecule has 3 aromatic rings. The third-order valence-electron chi connectivity index (χ3n) is 5.91. The maximum absolute atomic E-state index is 14.7. The van der Waals surface area contributed by atoms with Gasteiger partial charge in [-0.05, 0) is 64.6 Å². The number of ether oxygens (including phenoxy) is 1. The van der Waals surface area contributed by atoms with Gasteiger partial charge in [0.05, 0.1) is 13.5 Å². The molecule has 1 aliphatic heterocycles. The molecule has 0 saturated carbocycles. The number of benzene rings is 3. The standard InChI is InChI=1S/C26H24F2N2O4/c1-34-24-9-4-17(13-25(31)32)12-21(24)19-7-8-23(28)20-10-11-30(15-22(19)20)26(33)29-14-16-2-5-18(27)6-3-16/h2-9,12H,10-11,13-15H2,1H3,(H,29,33)(H,31,32). The average molecular weight is 466 g/mol. The van der Waals surface area contributed by atoms with Gasteiger partial charge in [0, 0.05) is 25.2 Å². The van der Waals surface area contributed by atoms with E-state index < -0.39 is 5.97 Å². The number of rotatable bonds is 6. The summed E-state index contributed by atoms with van der Waals surface area (Å²) in [7, 11) is 1.51. The van der Waals surface area contributed by atoms with Crippen molar-refractivity contribution in [2.75, 3.05) is 13.7 Å². The molecule has 0 fully saturated rings. The molecule has 2 amide bonds. The van der Waals surface area contributed by atoms with Crippen LogP contribution in [-0.4, -0.2) is 35.7 Å². The Kier molecular flexibility index (Phi) is 6.77. The van der Waals surface area contributed by atoms with Gasteiger partial charge in [0.25, 0.3) is 0 Å². The molecule has 0 bridgehead atoms. The predicted octanol–water partition coefficient (Wildman–Crippen LogP) is 4.54. The van der Waals surface area contributed by atoms with Crippen molar-refractivity contribution in [2.24, 2.45) is 0 Å². The highest BCUT2D eigenvalue weighted by molar-refractivity contribution is 5.79. The lowest BCUT2D eigenvalue weighted by molar-refractivity contribution is -0.136. The van der Waals surface area contributed by atoms with Crippen molar-refractivity contribution in [3.63, 3.8) is 0 Å². The number of carbonyl (C=O) groups is 2. The lowest BCUT2D eigenvalue weighted by atomic mass is 9.89. The Morgan fingerprint density at radius 1 is 1.00 bits per heavy atom. The zero-order chi connectivity index (χ0) is 24.2. The molecule has 8 heteroatoms. The molecule has 0 unspecified atom stereocenters. The summed E-state index contributed by atoms with van der Waals surface area (Å²) in [5, 5.41) is 12.0. The van der Waals surface area contributed by atoms with Gasteiger partial charge >= 0.3 is 12.0 Å². The molecule has 0 saturated heterocycles. The molecule has 1 aliphatic rings. The van der Waals surface area contributed by atoms with E-state index in [4.69, 9.17) is 4.74 Å². The van der Waals surface area contributed by atoms with E-state index in [0.717, 1.165) is 5.56 Å². The normalized spacial score (nSPS) is 12.7. The van der Waals surface area contributed by atoms with Crippen molar-refractivity contribution in [3.8, 4) is 16.9 Å². The summed E-state index contributed by atoms with van der Waals surface area (Å²) >= 11 is 0. The fourth-order valence-electron chi connectivity index (χ4n) is 4.20. The van der Waals surface area contributed by atoms with E-state index >= 15 is 0 Å². The molecule has 0 spiro atoms. The summed E-state index contributed by atoms with van der Waals surface area (Å²) in [6.45, 7) is 0.770. The van der Waals surface area contributed by atoms with Crippen LogP contribution in [0.4, 0.5) is 13.6 Å². The number of aliphatic carboxylic acids is 1. The lowest BCUT2D eigenvalue weighted by Gasteiger charge is -2.31. The lowest BCUT2D eigenvalue weighted by Crippen LogP contribution is -2.42. The van der Waals surface area contributed by atoms with E-state index in [1.54, 1.807) is 41.3 Å². The highest BCUT2D eigenvalue weighted by atomic mass is 19.1. The number of urea groups is 1. The summed E-state index contributed by atoms with van der Waals surface area (Å²) in [5.41, 5.74) is 3.88. The van der Waals surface area contributed by atoms with Crippen LogP contribution in [0.25, 0.3) is 11.1 Å². The quantitative estimate of drug-likeness (QED) is 0.559. The van der Waals surface area contributed by atoms with Crippen molar-refractivity contribution in [1.29, 1.82) is 0 Å². The topological polar surface area (TPSA) is 78.9 Å². The first-order valence-corrected chi connectivity index (χ1v) is 10.8. The third kappa shape index (κ3) is 5.01. The summed E-state index contributed by atoms with van der Waals surface area (Å²) in [5.74, 6) is -1.12. The Morgan fingerprint density at radius 3 is 2.44 bits per heavy atom. The van der Waals surface area contributed by atoms with E-state index in [9.17, 15) is 23.5 Å². The Balaban J connectivity index is 1.62. The minimum atomic E-state index is -0.957. The second-order valence-electron chi connectivity index (χ2n) is 8.11. The van der Waals surface area contributed by atoms with Crippen LogP contribution in [-0.2, 0) is 30.7 Å². The van der Waals surface area contributed by atoms with Crippen LogP contribution in [0.2, 0.25) is 0 Å². The molecule has 0 aliphatic carbocycles. The predicted molar refractivity (Wildman–Crippen MR) is 122 cm³/mol. The highest BCUT2D eigenvalue weighted by Gasteiger charge is 2.26. The number of carbonyl (C=O) groups excluding carboxylic acids is 1. The number of hydrogen-bond acceptors (Lipinski definition) is 3. The van der Waals surface area contributed by atoms with Gasteiger partial charge in [-0.2, -0.15) is 0 Å². The van der Waals surface area contributed by atoms with Gasteiger partial charge in [-0.1, -0.05) is 24.3 Å². The van der Waals surface area contributed by atoms with E-state index in [2.05, 4.69) is 5.32 Å². The van der Waals surface area contributed by atoms with Crippen molar-refractivity contribution in [2.45, 2.75) is 25.9 Å². The Labute approximate surface area is 195 Å².